The molecule has 2 atom stereocenters. The summed E-state index contributed by atoms with van der Waals surface area (Å²) in [5.74, 6) is -0.833. The third-order valence-corrected chi connectivity index (χ3v) is 4.66. The average molecular weight is 345 g/mol. The van der Waals surface area contributed by atoms with Crippen LogP contribution in [0.15, 0.2) is 5.38 Å². The zero-order valence-electron chi connectivity index (χ0n) is 10.1. The smallest absolute Gasteiger partial charge is 0.318 e. The van der Waals surface area contributed by atoms with Gasteiger partial charge >= 0.3 is 10.3 Å². The molecule has 2 rings (SSSR count). The van der Waals surface area contributed by atoms with E-state index in [2.05, 4.69) is 4.98 Å². The highest BCUT2D eigenvalue weighted by atomic mass is 32.2. The SMILES string of the molecule is Cc1nc([C@]2(C)[C@H](N)C(=O)N2S(=O)(=O)O)cs1.S.S. The normalized spacial score (nSPS) is 26.2. The van der Waals surface area contributed by atoms with Crippen molar-refractivity contribution in [3.8, 4) is 0 Å². The molecule has 1 fully saturated rings. The monoisotopic (exact) mass is 345 g/mol. The van der Waals surface area contributed by atoms with Crippen molar-refractivity contribution in [2.45, 2.75) is 25.4 Å². The van der Waals surface area contributed by atoms with Crippen molar-refractivity contribution >= 4 is 54.5 Å². The number of nitrogens with zero attached hydrogens (tertiary/aromatic N) is 2. The van der Waals surface area contributed by atoms with Crippen molar-refractivity contribution < 1.29 is 17.8 Å². The van der Waals surface area contributed by atoms with Gasteiger partial charge in [-0.2, -0.15) is 35.4 Å². The summed E-state index contributed by atoms with van der Waals surface area (Å²) in [6.45, 7) is 3.21. The first kappa shape index (κ1) is 18.7. The zero-order valence-corrected chi connectivity index (χ0v) is 13.7. The number of β-lactam (4-membered cyclic amide) rings is 1. The maximum Gasteiger partial charge on any atom is 0.363 e. The van der Waals surface area contributed by atoms with Crippen molar-refractivity contribution in [2.75, 3.05) is 0 Å². The molecule has 19 heavy (non-hydrogen) atoms. The third kappa shape index (κ3) is 2.62. The molecule has 0 radical (unpaired) electrons. The molecule has 1 amide bonds. The molecule has 0 saturated carbocycles. The van der Waals surface area contributed by atoms with Gasteiger partial charge in [0, 0.05) is 5.38 Å². The molecule has 0 aromatic carbocycles. The predicted molar refractivity (Wildman–Crippen MR) is 81.3 cm³/mol. The van der Waals surface area contributed by atoms with Gasteiger partial charge in [-0.25, -0.2) is 9.29 Å². The topological polar surface area (TPSA) is 114 Å². The van der Waals surface area contributed by atoms with Crippen LogP contribution in [0.5, 0.6) is 0 Å². The maximum atomic E-state index is 11.4. The van der Waals surface area contributed by atoms with Gasteiger partial charge in [0.2, 0.25) is 0 Å². The van der Waals surface area contributed by atoms with Crippen LogP contribution in [0.25, 0.3) is 0 Å². The minimum Gasteiger partial charge on any atom is -0.318 e. The largest absolute Gasteiger partial charge is 0.363 e. The highest BCUT2D eigenvalue weighted by Crippen LogP contribution is 2.42. The Morgan fingerprint density at radius 2 is 2.05 bits per heavy atom. The molecule has 0 spiro atoms. The van der Waals surface area contributed by atoms with Gasteiger partial charge in [0.15, 0.2) is 0 Å². The highest BCUT2D eigenvalue weighted by Gasteiger charge is 2.62. The Labute approximate surface area is 129 Å². The van der Waals surface area contributed by atoms with Gasteiger partial charge in [0.1, 0.15) is 11.6 Å². The number of aryl methyl sites for hydroxylation is 1. The minimum absolute atomic E-state index is 0. The molecule has 1 saturated heterocycles. The van der Waals surface area contributed by atoms with Gasteiger partial charge in [0.05, 0.1) is 10.7 Å². The van der Waals surface area contributed by atoms with E-state index in [1.54, 1.807) is 12.3 Å². The first-order valence-electron chi connectivity index (χ1n) is 4.69. The quantitative estimate of drug-likeness (QED) is 0.570. The van der Waals surface area contributed by atoms with Crippen molar-refractivity contribution in [3.63, 3.8) is 0 Å². The molecule has 110 valence electrons. The first-order valence-corrected chi connectivity index (χ1v) is 6.96. The van der Waals surface area contributed by atoms with Gasteiger partial charge in [0.25, 0.3) is 5.91 Å². The van der Waals surface area contributed by atoms with E-state index in [0.717, 1.165) is 5.01 Å². The maximum absolute atomic E-state index is 11.4. The van der Waals surface area contributed by atoms with Crippen LogP contribution in [-0.2, 0) is 20.6 Å². The number of aromatic nitrogens is 1. The lowest BCUT2D eigenvalue weighted by molar-refractivity contribution is -0.149. The van der Waals surface area contributed by atoms with Gasteiger partial charge in [-0.3, -0.25) is 9.35 Å². The Morgan fingerprint density at radius 3 is 2.42 bits per heavy atom. The summed E-state index contributed by atoms with van der Waals surface area (Å²) < 4.78 is 31.7. The number of thiazole rings is 1. The van der Waals surface area contributed by atoms with E-state index in [1.165, 1.54) is 18.3 Å². The minimum atomic E-state index is -4.63. The molecule has 1 aliphatic heterocycles. The Morgan fingerprint density at radius 1 is 1.53 bits per heavy atom. The average Bonchev–Trinajstić information content (AvgIpc) is 2.62. The number of hydrogen-bond acceptors (Lipinski definition) is 6. The summed E-state index contributed by atoms with van der Waals surface area (Å²) >= 11 is 1.32. The molecule has 0 unspecified atom stereocenters. The standard InChI is InChI=1S/C8H11N3O4S2.2H2S/c1-4-10-5(3-16-4)8(2)6(9)7(12)11(8)17(13,14)15;;/h3,6H,9H2,1-2H3,(H,13,14,15);2*1H2/t6-,8-;;/m1../s1. The molecular formula is C8H15N3O4S4. The number of amides is 1. The molecule has 3 N–H and O–H groups in total. The van der Waals surface area contributed by atoms with Crippen molar-refractivity contribution in [1.29, 1.82) is 0 Å². The Bertz CT molecular complexity index is 587. The number of nitrogens with two attached hydrogens (primary N) is 1. The fourth-order valence-corrected chi connectivity index (χ4v) is 3.62. The lowest BCUT2D eigenvalue weighted by atomic mass is 9.81. The molecule has 0 bridgehead atoms. The Hall–Kier alpha value is -0.330. The van der Waals surface area contributed by atoms with E-state index in [-0.39, 0.29) is 27.0 Å². The molecule has 7 nitrogen and oxygen atoms in total. The van der Waals surface area contributed by atoms with Crippen molar-refractivity contribution in [2.24, 2.45) is 5.73 Å². The van der Waals surface area contributed by atoms with Crippen LogP contribution in [0.1, 0.15) is 17.6 Å². The fraction of sp³-hybridized carbons (Fsp3) is 0.500. The van der Waals surface area contributed by atoms with E-state index < -0.39 is 27.8 Å². The number of carbonyl (C=O) groups excluding carboxylic acids is 1. The van der Waals surface area contributed by atoms with E-state index in [0.29, 0.717) is 10.00 Å². The Balaban J connectivity index is 0.00000162. The first-order chi connectivity index (χ1) is 7.69. The van der Waals surface area contributed by atoms with Crippen LogP contribution in [0, 0.1) is 6.92 Å². The van der Waals surface area contributed by atoms with Crippen molar-refractivity contribution in [1.82, 2.24) is 9.29 Å². The zero-order chi connectivity index (χ0) is 13.0. The number of carbonyl (C=O) groups is 1. The van der Waals surface area contributed by atoms with Crippen LogP contribution in [0.4, 0.5) is 0 Å². The second-order valence-electron chi connectivity index (χ2n) is 3.96. The summed E-state index contributed by atoms with van der Waals surface area (Å²) in [5.41, 5.74) is 4.68. The molecule has 1 aromatic heterocycles. The van der Waals surface area contributed by atoms with Gasteiger partial charge in [-0.05, 0) is 13.8 Å². The van der Waals surface area contributed by atoms with Gasteiger partial charge in [-0.15, -0.1) is 11.3 Å². The lowest BCUT2D eigenvalue weighted by Crippen LogP contribution is -2.75. The summed E-state index contributed by atoms with van der Waals surface area (Å²) in [7, 11) is -4.63. The highest BCUT2D eigenvalue weighted by molar-refractivity contribution is 7.84. The third-order valence-electron chi connectivity index (χ3n) is 2.86. The molecule has 1 aliphatic rings. The van der Waals surface area contributed by atoms with Crippen molar-refractivity contribution in [3.05, 3.63) is 16.1 Å². The number of hydrogen-bond donors (Lipinski definition) is 2. The van der Waals surface area contributed by atoms with Crippen LogP contribution in [0.3, 0.4) is 0 Å². The molecule has 2 heterocycles. The molecule has 0 aliphatic carbocycles. The second-order valence-corrected chi connectivity index (χ2v) is 6.28. The number of rotatable bonds is 2. The van der Waals surface area contributed by atoms with Crippen LogP contribution < -0.4 is 5.73 Å². The van der Waals surface area contributed by atoms with E-state index in [9.17, 15) is 13.2 Å². The molecule has 11 heteroatoms. The molecular weight excluding hydrogens is 330 g/mol. The van der Waals surface area contributed by atoms with Gasteiger partial charge < -0.3 is 5.73 Å². The van der Waals surface area contributed by atoms with E-state index in [4.69, 9.17) is 10.3 Å². The predicted octanol–water partition coefficient (Wildman–Crippen LogP) is -0.135. The summed E-state index contributed by atoms with van der Waals surface area (Å²) in [6, 6.07) is -1.02. The van der Waals surface area contributed by atoms with Gasteiger partial charge in [-0.1, -0.05) is 0 Å². The lowest BCUT2D eigenvalue weighted by Gasteiger charge is -2.50. The fourth-order valence-electron chi connectivity index (χ4n) is 1.87. The summed E-state index contributed by atoms with van der Waals surface area (Å²) in [4.78, 5) is 15.6. The van der Waals surface area contributed by atoms with Crippen LogP contribution in [-0.4, -0.2) is 34.2 Å². The summed E-state index contributed by atoms with van der Waals surface area (Å²) in [5, 5.41) is 2.35. The molecule has 1 aromatic rings. The Kier molecular flexibility index (Phi) is 5.48. The van der Waals surface area contributed by atoms with E-state index >= 15 is 0 Å². The second kappa shape index (κ2) is 5.58. The summed E-state index contributed by atoms with van der Waals surface area (Å²) in [6.07, 6.45) is 0. The van der Waals surface area contributed by atoms with Crippen LogP contribution in [0.2, 0.25) is 0 Å². The van der Waals surface area contributed by atoms with E-state index in [1.807, 2.05) is 0 Å². The van der Waals surface area contributed by atoms with Crippen LogP contribution >= 0.6 is 38.3 Å².